The van der Waals surface area contributed by atoms with Gasteiger partial charge in [0.15, 0.2) is 0 Å². The summed E-state index contributed by atoms with van der Waals surface area (Å²) in [6.07, 6.45) is 21.4. The molecule has 0 heterocycles. The maximum Gasteiger partial charge on any atom is 2.00 e. The molecule has 0 bridgehead atoms. The van der Waals surface area contributed by atoms with E-state index >= 15 is 0 Å². The van der Waals surface area contributed by atoms with Crippen LogP contribution in [0, 0.1) is 0 Å². The Hall–Kier alpha value is -0.113. The van der Waals surface area contributed by atoms with Gasteiger partial charge in [0, 0.05) is 23.1 Å². The quantitative estimate of drug-likeness (QED) is 0.0663. The molecule has 248 valence electrons. The maximum atomic E-state index is 10.9. The molecule has 44 heavy (non-hydrogen) atoms. The van der Waals surface area contributed by atoms with Crippen molar-refractivity contribution in [3.63, 3.8) is 0 Å². The molecule has 0 aliphatic rings. The predicted octanol–water partition coefficient (Wildman–Crippen LogP) is 4.48. The van der Waals surface area contributed by atoms with Gasteiger partial charge in [-0.1, -0.05) is 142 Å². The first-order valence-corrected chi connectivity index (χ1v) is 16.9. The number of aliphatic carboxylic acids is 2. The molecule has 0 radical (unpaired) electrons. The molecule has 0 spiro atoms. The summed E-state index contributed by atoms with van der Waals surface area (Å²) in [7, 11) is 0. The first kappa shape index (κ1) is 50.7. The van der Waals surface area contributed by atoms with Gasteiger partial charge in [0.1, 0.15) is 11.2 Å². The predicted molar refractivity (Wildman–Crippen MR) is 167 cm³/mol. The summed E-state index contributed by atoms with van der Waals surface area (Å²) in [6.45, 7) is 4.40. The van der Waals surface area contributed by atoms with Crippen molar-refractivity contribution in [2.45, 2.75) is 179 Å². The van der Waals surface area contributed by atoms with Crippen LogP contribution >= 0.6 is 0 Å². The van der Waals surface area contributed by atoms with Crippen molar-refractivity contribution < 1.29 is 78.6 Å². The van der Waals surface area contributed by atoms with Gasteiger partial charge in [0.05, 0.1) is 11.9 Å². The third-order valence-electron chi connectivity index (χ3n) is 7.52. The molecule has 0 aliphatic heterocycles. The summed E-state index contributed by atoms with van der Waals surface area (Å²) in [5.74, 6) is -3.20. The summed E-state index contributed by atoms with van der Waals surface area (Å²) < 4.78 is 0. The molecule has 8 nitrogen and oxygen atoms in total. The fourth-order valence-electron chi connectivity index (χ4n) is 4.81. The molecule has 0 aromatic heterocycles. The number of unbranched alkanes of at least 4 members (excludes halogenated alkanes) is 18. The van der Waals surface area contributed by atoms with Gasteiger partial charge in [0.25, 0.3) is 0 Å². The number of carboxylic acid groups (broad SMARTS) is 2. The van der Waals surface area contributed by atoms with Crippen molar-refractivity contribution in [3.05, 3.63) is 0 Å². The molecule has 0 saturated carbocycles. The van der Waals surface area contributed by atoms with Crippen LogP contribution in [-0.2, 0) is 83.4 Å². The van der Waals surface area contributed by atoms with Crippen molar-refractivity contribution >= 4 is 47.4 Å². The Labute approximate surface area is 303 Å². The van der Waals surface area contributed by atoms with Crippen LogP contribution in [0.2, 0.25) is 0 Å². The molecule has 0 rings (SSSR count). The monoisotopic (exact) mass is 760 g/mol. The Morgan fingerprint density at radius 2 is 0.682 bits per heavy atom. The van der Waals surface area contributed by atoms with Crippen LogP contribution in [0.25, 0.3) is 0 Å². The van der Waals surface area contributed by atoms with Crippen LogP contribution in [0.1, 0.15) is 168 Å². The Morgan fingerprint density at radius 1 is 0.477 bits per heavy atom. The summed E-state index contributed by atoms with van der Waals surface area (Å²) in [6, 6.07) is 0. The van der Waals surface area contributed by atoms with E-state index in [-0.39, 0.29) is 51.8 Å². The van der Waals surface area contributed by atoms with Crippen LogP contribution in [0.4, 0.5) is 0 Å². The van der Waals surface area contributed by atoms with Gasteiger partial charge >= 0.3 is 39.0 Å². The first-order valence-electron chi connectivity index (χ1n) is 16.1. The topological polar surface area (TPSA) is 155 Å². The second-order valence-corrected chi connectivity index (χ2v) is 12.5. The number of carbonyl (C=O) groups is 4. The molecule has 2 atom stereocenters. The summed E-state index contributed by atoms with van der Waals surface area (Å²) in [5.41, 5.74) is -4.17. The smallest absolute Gasteiger partial charge is 0.742 e. The first-order chi connectivity index (χ1) is 19.8. The number of carbonyl (C=O) groups excluding carboxylic acids is 4. The molecule has 0 aromatic rings. The average molecular weight is 764 g/mol. The van der Waals surface area contributed by atoms with E-state index in [0.717, 1.165) is 38.5 Å². The number of carboxylic acids is 2. The van der Waals surface area contributed by atoms with Gasteiger partial charge in [-0.15, -0.1) is 0 Å². The van der Waals surface area contributed by atoms with E-state index in [9.17, 15) is 39.6 Å². The van der Waals surface area contributed by atoms with Gasteiger partial charge in [-0.2, -0.15) is 0 Å². The van der Waals surface area contributed by atoms with Crippen LogP contribution in [0.3, 0.4) is 0 Å². The molecular weight excluding hydrogens is 707 g/mol. The van der Waals surface area contributed by atoms with E-state index in [1.54, 1.807) is 0 Å². The third-order valence-corrected chi connectivity index (χ3v) is 7.81. The SMILES string of the molecule is CCCCCCCCCCCCC(O)(CC(=O)[S-])C(=O)[O-].CCCCCCCCCCCCC(O)(CC(=O)[S-])C(=O)[O-].[Zn+2].[Zn+2]. The van der Waals surface area contributed by atoms with E-state index in [1.807, 2.05) is 0 Å². The summed E-state index contributed by atoms with van der Waals surface area (Å²) >= 11 is 8.67. The molecule has 0 aromatic carbocycles. The van der Waals surface area contributed by atoms with E-state index in [0.29, 0.717) is 12.8 Å². The van der Waals surface area contributed by atoms with Crippen molar-refractivity contribution in [2.75, 3.05) is 0 Å². The molecule has 2 unspecified atom stereocenters. The number of hydrogen-bond donors (Lipinski definition) is 2. The number of hydrogen-bond acceptors (Lipinski definition) is 10. The minimum Gasteiger partial charge on any atom is -0.742 e. The van der Waals surface area contributed by atoms with Crippen LogP contribution in [0.5, 0.6) is 0 Å². The fraction of sp³-hybridized carbons (Fsp3) is 0.875. The third kappa shape index (κ3) is 30.5. The van der Waals surface area contributed by atoms with Crippen molar-refractivity contribution in [1.29, 1.82) is 0 Å². The Bertz CT molecular complexity index is 685. The average Bonchev–Trinajstić information content (AvgIpc) is 2.90. The van der Waals surface area contributed by atoms with Crippen molar-refractivity contribution in [1.82, 2.24) is 0 Å². The second-order valence-electron chi connectivity index (χ2n) is 11.6. The van der Waals surface area contributed by atoms with E-state index in [1.165, 1.54) is 77.0 Å². The molecule has 0 aliphatic carbocycles. The molecular formula is C32H56O8S2Zn2. The molecule has 0 fully saturated rings. The zero-order chi connectivity index (χ0) is 32.3. The van der Waals surface area contributed by atoms with Gasteiger partial charge in [-0.05, 0) is 12.8 Å². The molecule has 2 N–H and O–H groups in total. The Balaban J connectivity index is -0.000000348. The van der Waals surface area contributed by atoms with Crippen molar-refractivity contribution in [2.24, 2.45) is 0 Å². The minimum atomic E-state index is -2.08. The Morgan fingerprint density at radius 3 is 0.864 bits per heavy atom. The van der Waals surface area contributed by atoms with Crippen LogP contribution in [0.15, 0.2) is 0 Å². The minimum absolute atomic E-state index is 0. The van der Waals surface area contributed by atoms with E-state index in [4.69, 9.17) is 0 Å². The van der Waals surface area contributed by atoms with Crippen LogP contribution < -0.4 is 10.2 Å². The zero-order valence-electron chi connectivity index (χ0n) is 27.5. The van der Waals surface area contributed by atoms with Gasteiger partial charge in [-0.3, -0.25) is 0 Å². The molecule has 12 heteroatoms. The summed E-state index contributed by atoms with van der Waals surface area (Å²) in [4.78, 5) is 43.4. The number of rotatable bonds is 28. The standard InChI is InChI=1S/2C16H30O4S.2Zn/c2*1-2-3-4-5-6-7-8-9-10-11-12-16(20,15(18)19)13-14(17)21;;/h2*20H,2-13H2,1H3,(H,17,21)(H,18,19);;/q;;2*+2/p-4. The number of aliphatic hydroxyl groups is 2. The van der Waals surface area contributed by atoms with Gasteiger partial charge in [-0.25, -0.2) is 0 Å². The fourth-order valence-corrected chi connectivity index (χ4v) is 5.29. The van der Waals surface area contributed by atoms with E-state index in [2.05, 4.69) is 39.1 Å². The summed E-state index contributed by atoms with van der Waals surface area (Å²) in [5, 5.41) is 40.0. The second kappa shape index (κ2) is 32.8. The molecule has 0 saturated heterocycles. The normalized spacial score (nSPS) is 13.2. The zero-order valence-corrected chi connectivity index (χ0v) is 35.1. The molecule has 0 amide bonds. The maximum absolute atomic E-state index is 10.9. The van der Waals surface area contributed by atoms with Crippen molar-refractivity contribution in [3.8, 4) is 0 Å². The van der Waals surface area contributed by atoms with Gasteiger partial charge in [0.2, 0.25) is 0 Å². The largest absolute Gasteiger partial charge is 2.00 e. The van der Waals surface area contributed by atoms with Gasteiger partial charge < -0.3 is 64.9 Å². The Kier molecular flexibility index (Phi) is 37.8. The van der Waals surface area contributed by atoms with Crippen LogP contribution in [-0.4, -0.2) is 43.6 Å². The van der Waals surface area contributed by atoms with E-state index < -0.39 is 46.2 Å².